The van der Waals surface area contributed by atoms with Crippen LogP contribution in [0, 0.1) is 5.82 Å². The van der Waals surface area contributed by atoms with Crippen molar-refractivity contribution in [3.8, 4) is 5.75 Å². The SMILES string of the molecule is CC(=O)c1ccc(F)cc1OCCOC(F)(F)F. The minimum atomic E-state index is -4.74. The second-order valence-corrected chi connectivity index (χ2v) is 3.34. The van der Waals surface area contributed by atoms with E-state index in [1.165, 1.54) is 13.0 Å². The van der Waals surface area contributed by atoms with Crippen LogP contribution < -0.4 is 4.74 Å². The number of rotatable bonds is 5. The van der Waals surface area contributed by atoms with E-state index in [4.69, 9.17) is 4.74 Å². The number of carbonyl (C=O) groups excluding carboxylic acids is 1. The lowest BCUT2D eigenvalue weighted by atomic mass is 10.1. The van der Waals surface area contributed by atoms with Crippen LogP contribution in [0.4, 0.5) is 17.6 Å². The highest BCUT2D eigenvalue weighted by Crippen LogP contribution is 2.21. The lowest BCUT2D eigenvalue weighted by Crippen LogP contribution is -2.18. The molecular weight excluding hydrogens is 256 g/mol. The van der Waals surface area contributed by atoms with E-state index in [0.29, 0.717) is 0 Å². The third-order valence-electron chi connectivity index (χ3n) is 1.93. The predicted molar refractivity (Wildman–Crippen MR) is 53.9 cm³/mol. The fourth-order valence-corrected chi connectivity index (χ4v) is 1.22. The molecule has 0 atom stereocenters. The van der Waals surface area contributed by atoms with Crippen LogP contribution >= 0.6 is 0 Å². The molecule has 1 aromatic rings. The molecule has 100 valence electrons. The summed E-state index contributed by atoms with van der Waals surface area (Å²) in [6, 6.07) is 3.21. The smallest absolute Gasteiger partial charge is 0.490 e. The summed E-state index contributed by atoms with van der Waals surface area (Å²) in [5.74, 6) is -1.12. The quantitative estimate of drug-likeness (QED) is 0.467. The Labute approximate surface area is 100 Å². The molecule has 0 N–H and O–H groups in total. The minimum Gasteiger partial charge on any atom is -0.490 e. The molecule has 0 aromatic heterocycles. The maximum absolute atomic E-state index is 12.9. The van der Waals surface area contributed by atoms with Gasteiger partial charge >= 0.3 is 6.36 Å². The largest absolute Gasteiger partial charge is 0.522 e. The van der Waals surface area contributed by atoms with Crippen LogP contribution in [0.5, 0.6) is 5.75 Å². The molecule has 0 aliphatic heterocycles. The van der Waals surface area contributed by atoms with Crippen molar-refractivity contribution in [2.75, 3.05) is 13.2 Å². The highest BCUT2D eigenvalue weighted by molar-refractivity contribution is 5.96. The average Bonchev–Trinajstić information content (AvgIpc) is 2.22. The number of benzene rings is 1. The summed E-state index contributed by atoms with van der Waals surface area (Å²) in [5.41, 5.74) is 0.100. The predicted octanol–water partition coefficient (Wildman–Crippen LogP) is 2.94. The van der Waals surface area contributed by atoms with Gasteiger partial charge in [-0.2, -0.15) is 0 Å². The van der Waals surface area contributed by atoms with Gasteiger partial charge in [-0.3, -0.25) is 9.53 Å². The maximum Gasteiger partial charge on any atom is 0.522 e. The van der Waals surface area contributed by atoms with E-state index in [9.17, 15) is 22.4 Å². The van der Waals surface area contributed by atoms with E-state index in [-0.39, 0.29) is 17.1 Å². The molecule has 0 unspecified atom stereocenters. The van der Waals surface area contributed by atoms with Crippen molar-refractivity contribution in [1.82, 2.24) is 0 Å². The fraction of sp³-hybridized carbons (Fsp3) is 0.364. The Balaban J connectivity index is 2.61. The third-order valence-corrected chi connectivity index (χ3v) is 1.93. The van der Waals surface area contributed by atoms with Gasteiger partial charge in [0.05, 0.1) is 12.2 Å². The number of ketones is 1. The minimum absolute atomic E-state index is 0.100. The van der Waals surface area contributed by atoms with Gasteiger partial charge in [0, 0.05) is 6.07 Å². The second-order valence-electron chi connectivity index (χ2n) is 3.34. The lowest BCUT2D eigenvalue weighted by molar-refractivity contribution is -0.325. The number of hydrogen-bond donors (Lipinski definition) is 0. The molecule has 7 heteroatoms. The van der Waals surface area contributed by atoms with Gasteiger partial charge in [-0.05, 0) is 19.1 Å². The first-order valence-electron chi connectivity index (χ1n) is 4.93. The standard InChI is InChI=1S/C11H10F4O3/c1-7(16)9-3-2-8(12)6-10(9)17-4-5-18-11(13,14)15/h2-3,6H,4-5H2,1H3. The van der Waals surface area contributed by atoms with Crippen molar-refractivity contribution in [3.63, 3.8) is 0 Å². The number of ether oxygens (including phenoxy) is 2. The van der Waals surface area contributed by atoms with Gasteiger partial charge in [0.1, 0.15) is 18.2 Å². The van der Waals surface area contributed by atoms with Crippen molar-refractivity contribution >= 4 is 5.78 Å². The number of halogens is 4. The molecule has 1 aromatic carbocycles. The van der Waals surface area contributed by atoms with E-state index in [1.807, 2.05) is 0 Å². The van der Waals surface area contributed by atoms with Crippen LogP contribution in [0.1, 0.15) is 17.3 Å². The summed E-state index contributed by atoms with van der Waals surface area (Å²) in [6.45, 7) is 0.0624. The van der Waals surface area contributed by atoms with Gasteiger partial charge in [-0.25, -0.2) is 4.39 Å². The molecule has 0 heterocycles. The molecule has 1 rings (SSSR count). The van der Waals surface area contributed by atoms with Crippen LogP contribution in [0.15, 0.2) is 18.2 Å². The van der Waals surface area contributed by atoms with Crippen molar-refractivity contribution in [2.45, 2.75) is 13.3 Å². The molecule has 0 radical (unpaired) electrons. The summed E-state index contributed by atoms with van der Waals surface area (Å²) in [4.78, 5) is 11.2. The first-order chi connectivity index (χ1) is 8.29. The second kappa shape index (κ2) is 5.81. The molecule has 0 saturated carbocycles. The van der Waals surface area contributed by atoms with Gasteiger partial charge in [0.2, 0.25) is 0 Å². The zero-order chi connectivity index (χ0) is 13.8. The highest BCUT2D eigenvalue weighted by atomic mass is 19.4. The van der Waals surface area contributed by atoms with Crippen LogP contribution in [0.25, 0.3) is 0 Å². The van der Waals surface area contributed by atoms with E-state index >= 15 is 0 Å². The molecule has 0 bridgehead atoms. The zero-order valence-electron chi connectivity index (χ0n) is 9.38. The van der Waals surface area contributed by atoms with Crippen molar-refractivity contribution < 1.29 is 31.8 Å². The van der Waals surface area contributed by atoms with E-state index in [2.05, 4.69) is 4.74 Å². The average molecular weight is 266 g/mol. The monoisotopic (exact) mass is 266 g/mol. The molecular formula is C11H10F4O3. The first-order valence-corrected chi connectivity index (χ1v) is 4.93. The van der Waals surface area contributed by atoms with Crippen LogP contribution in [0.3, 0.4) is 0 Å². The first kappa shape index (κ1) is 14.4. The number of carbonyl (C=O) groups is 1. The molecule has 0 aliphatic carbocycles. The normalized spacial score (nSPS) is 11.4. The molecule has 18 heavy (non-hydrogen) atoms. The Bertz CT molecular complexity index is 429. The Morgan fingerprint density at radius 2 is 1.94 bits per heavy atom. The van der Waals surface area contributed by atoms with Crippen LogP contribution in [-0.2, 0) is 4.74 Å². The Hall–Kier alpha value is -1.63. The van der Waals surface area contributed by atoms with E-state index < -0.39 is 25.4 Å². The highest BCUT2D eigenvalue weighted by Gasteiger charge is 2.28. The van der Waals surface area contributed by atoms with E-state index in [1.54, 1.807) is 0 Å². The molecule has 0 fully saturated rings. The van der Waals surface area contributed by atoms with Crippen molar-refractivity contribution in [1.29, 1.82) is 0 Å². The van der Waals surface area contributed by atoms with Crippen molar-refractivity contribution in [3.05, 3.63) is 29.6 Å². The summed E-state index contributed by atoms with van der Waals surface area (Å²) < 4.78 is 56.3. The number of hydrogen-bond acceptors (Lipinski definition) is 3. The number of alkyl halides is 3. The van der Waals surface area contributed by atoms with Gasteiger partial charge in [-0.15, -0.1) is 13.2 Å². The molecule has 3 nitrogen and oxygen atoms in total. The molecule has 0 saturated heterocycles. The van der Waals surface area contributed by atoms with Crippen LogP contribution in [0.2, 0.25) is 0 Å². The van der Waals surface area contributed by atoms with Crippen LogP contribution in [-0.4, -0.2) is 25.4 Å². The Morgan fingerprint density at radius 3 is 2.50 bits per heavy atom. The number of Topliss-reactive ketones (excluding diaryl/α,β-unsaturated/α-hetero) is 1. The molecule has 0 spiro atoms. The Morgan fingerprint density at radius 1 is 1.28 bits per heavy atom. The third kappa shape index (κ3) is 4.70. The summed E-state index contributed by atoms with van der Waals surface area (Å²) in [6.07, 6.45) is -4.74. The van der Waals surface area contributed by atoms with Gasteiger partial charge in [0.15, 0.2) is 5.78 Å². The van der Waals surface area contributed by atoms with Gasteiger partial charge in [-0.1, -0.05) is 0 Å². The van der Waals surface area contributed by atoms with Gasteiger partial charge in [0.25, 0.3) is 0 Å². The van der Waals surface area contributed by atoms with Gasteiger partial charge < -0.3 is 4.74 Å². The summed E-state index contributed by atoms with van der Waals surface area (Å²) >= 11 is 0. The topological polar surface area (TPSA) is 35.5 Å². The maximum atomic E-state index is 12.9. The summed E-state index contributed by atoms with van der Waals surface area (Å²) in [7, 11) is 0. The lowest BCUT2D eigenvalue weighted by Gasteiger charge is -2.11. The molecule has 0 amide bonds. The Kier molecular flexibility index (Phi) is 4.66. The zero-order valence-corrected chi connectivity index (χ0v) is 9.38. The molecule has 0 aliphatic rings. The fourth-order valence-electron chi connectivity index (χ4n) is 1.22. The summed E-state index contributed by atoms with van der Waals surface area (Å²) in [5, 5.41) is 0. The van der Waals surface area contributed by atoms with Crippen molar-refractivity contribution in [2.24, 2.45) is 0 Å². The van der Waals surface area contributed by atoms with E-state index in [0.717, 1.165) is 12.1 Å².